The zero-order valence-electron chi connectivity index (χ0n) is 15.0. The molecule has 0 spiro atoms. The number of amides is 1. The topological polar surface area (TPSA) is 72.0 Å². The number of rotatable bonds is 7. The number of aryl methyl sites for hydroxylation is 2. The third kappa shape index (κ3) is 5.26. The van der Waals surface area contributed by atoms with Crippen LogP contribution in [0.15, 0.2) is 42.7 Å². The van der Waals surface area contributed by atoms with Crippen LogP contribution in [0, 0.1) is 18.6 Å². The van der Waals surface area contributed by atoms with Gasteiger partial charge in [-0.15, -0.1) is 11.3 Å². The molecule has 0 fully saturated rings. The molecule has 3 rings (SSSR count). The van der Waals surface area contributed by atoms with Crippen molar-refractivity contribution in [3.8, 4) is 0 Å². The third-order valence-corrected chi connectivity index (χ3v) is 4.93. The second-order valence-electron chi connectivity index (χ2n) is 6.16. The van der Waals surface area contributed by atoms with Gasteiger partial charge >= 0.3 is 0 Å². The van der Waals surface area contributed by atoms with Crippen molar-refractivity contribution in [3.63, 3.8) is 0 Å². The third-order valence-electron chi connectivity index (χ3n) is 3.96. The molecule has 0 bridgehead atoms. The molecule has 2 aromatic heterocycles. The molecule has 28 heavy (non-hydrogen) atoms. The Hall–Kier alpha value is -3.00. The van der Waals surface area contributed by atoms with Crippen LogP contribution in [0.5, 0.6) is 0 Å². The van der Waals surface area contributed by atoms with Crippen LogP contribution >= 0.6 is 11.3 Å². The van der Waals surface area contributed by atoms with E-state index in [1.807, 2.05) is 6.92 Å². The fourth-order valence-electron chi connectivity index (χ4n) is 2.55. The van der Waals surface area contributed by atoms with Crippen LogP contribution < -0.4 is 5.32 Å². The van der Waals surface area contributed by atoms with Gasteiger partial charge in [0.15, 0.2) is 5.78 Å². The number of carbonyl (C=O) groups is 2. The van der Waals surface area contributed by atoms with Gasteiger partial charge in [0, 0.05) is 41.9 Å². The van der Waals surface area contributed by atoms with Crippen LogP contribution in [0.1, 0.15) is 42.7 Å². The van der Waals surface area contributed by atoms with E-state index in [0.717, 1.165) is 22.0 Å². The molecular formula is C20H17F2N3O2S. The number of nitrogens with one attached hydrogen (secondary N) is 1. The fourth-order valence-corrected chi connectivity index (χ4v) is 3.34. The van der Waals surface area contributed by atoms with E-state index in [-0.39, 0.29) is 17.9 Å². The molecule has 0 saturated carbocycles. The zero-order chi connectivity index (χ0) is 20.1. The predicted molar refractivity (Wildman–Crippen MR) is 101 cm³/mol. The molecule has 0 aliphatic heterocycles. The van der Waals surface area contributed by atoms with E-state index in [9.17, 15) is 18.4 Å². The van der Waals surface area contributed by atoms with Gasteiger partial charge in [-0.05, 0) is 37.1 Å². The highest BCUT2D eigenvalue weighted by Gasteiger charge is 2.11. The maximum atomic E-state index is 13.2. The lowest BCUT2D eigenvalue weighted by molar-refractivity contribution is 0.0947. The maximum Gasteiger partial charge on any atom is 0.251 e. The Morgan fingerprint density at radius 3 is 2.43 bits per heavy atom. The van der Waals surface area contributed by atoms with E-state index < -0.39 is 17.5 Å². The Morgan fingerprint density at radius 1 is 1.07 bits per heavy atom. The van der Waals surface area contributed by atoms with Gasteiger partial charge in [-0.3, -0.25) is 14.6 Å². The van der Waals surface area contributed by atoms with Gasteiger partial charge in [-0.25, -0.2) is 13.8 Å². The quantitative estimate of drug-likeness (QED) is 0.610. The molecule has 0 saturated heterocycles. The number of carbonyl (C=O) groups excluding carboxylic acids is 2. The minimum atomic E-state index is -0.817. The van der Waals surface area contributed by atoms with E-state index in [0.29, 0.717) is 30.2 Å². The highest BCUT2D eigenvalue weighted by atomic mass is 32.1. The van der Waals surface area contributed by atoms with Gasteiger partial charge in [-0.1, -0.05) is 6.07 Å². The standard InChI is InChI=1S/C20H17F2N3O2S/c1-12-23-11-17(28-12)3-5-19(26)18-4-2-13(9-24-18)10-25-20(27)14-6-15(21)8-16(22)7-14/h2,4,6-9,11H,3,5,10H2,1H3,(H,25,27). The van der Waals surface area contributed by atoms with E-state index in [2.05, 4.69) is 15.3 Å². The minimum absolute atomic E-state index is 0.0723. The normalized spacial score (nSPS) is 10.7. The summed E-state index contributed by atoms with van der Waals surface area (Å²) >= 11 is 1.57. The number of thiazole rings is 1. The van der Waals surface area contributed by atoms with Crippen LogP contribution in [0.2, 0.25) is 0 Å². The lowest BCUT2D eigenvalue weighted by Gasteiger charge is -2.06. The molecule has 1 N–H and O–H groups in total. The van der Waals surface area contributed by atoms with Crippen molar-refractivity contribution in [3.05, 3.63) is 81.1 Å². The van der Waals surface area contributed by atoms with Crippen LogP contribution in [0.25, 0.3) is 0 Å². The van der Waals surface area contributed by atoms with Crippen LogP contribution in [-0.4, -0.2) is 21.7 Å². The molecule has 0 aliphatic carbocycles. The first-order valence-electron chi connectivity index (χ1n) is 8.54. The number of benzene rings is 1. The Balaban J connectivity index is 1.53. The van der Waals surface area contributed by atoms with Crippen molar-refractivity contribution in [2.45, 2.75) is 26.3 Å². The number of nitrogens with zero attached hydrogens (tertiary/aromatic N) is 2. The first-order valence-corrected chi connectivity index (χ1v) is 9.36. The van der Waals surface area contributed by atoms with Crippen LogP contribution in [0.3, 0.4) is 0 Å². The summed E-state index contributed by atoms with van der Waals surface area (Å²) in [6.07, 6.45) is 4.23. The molecule has 1 aromatic carbocycles. The molecule has 0 atom stereocenters. The number of hydrogen-bond donors (Lipinski definition) is 1. The first kappa shape index (κ1) is 19.8. The molecular weight excluding hydrogens is 384 g/mol. The van der Waals surface area contributed by atoms with E-state index in [4.69, 9.17) is 0 Å². The largest absolute Gasteiger partial charge is 0.348 e. The van der Waals surface area contributed by atoms with E-state index in [1.54, 1.807) is 29.7 Å². The van der Waals surface area contributed by atoms with Crippen molar-refractivity contribution in [2.24, 2.45) is 0 Å². The Bertz CT molecular complexity index is 983. The molecule has 2 heterocycles. The molecule has 144 valence electrons. The van der Waals surface area contributed by atoms with Gasteiger partial charge < -0.3 is 5.32 Å². The summed E-state index contributed by atoms with van der Waals surface area (Å²) in [6, 6.07) is 5.91. The molecule has 5 nitrogen and oxygen atoms in total. The predicted octanol–water partition coefficient (Wildman–Crippen LogP) is 3.87. The Labute approximate surface area is 164 Å². The highest BCUT2D eigenvalue weighted by molar-refractivity contribution is 7.11. The van der Waals surface area contributed by atoms with Crippen molar-refractivity contribution < 1.29 is 18.4 Å². The molecule has 0 radical (unpaired) electrons. The van der Waals surface area contributed by atoms with Crippen LogP contribution in [-0.2, 0) is 13.0 Å². The zero-order valence-corrected chi connectivity index (χ0v) is 15.9. The molecule has 0 aliphatic rings. The SMILES string of the molecule is Cc1ncc(CCC(=O)c2ccc(CNC(=O)c3cc(F)cc(F)c3)cn2)s1. The Kier molecular flexibility index (Phi) is 6.20. The summed E-state index contributed by atoms with van der Waals surface area (Å²) < 4.78 is 26.4. The number of pyridine rings is 1. The number of Topliss-reactive ketones (excluding diaryl/α,β-unsaturated/α-hetero) is 1. The second-order valence-corrected chi connectivity index (χ2v) is 7.48. The maximum absolute atomic E-state index is 13.2. The van der Waals surface area contributed by atoms with E-state index >= 15 is 0 Å². The first-order chi connectivity index (χ1) is 13.4. The Morgan fingerprint density at radius 2 is 1.82 bits per heavy atom. The average Bonchev–Trinajstić information content (AvgIpc) is 3.09. The van der Waals surface area contributed by atoms with Gasteiger partial charge in [0.2, 0.25) is 0 Å². The average molecular weight is 401 g/mol. The van der Waals surface area contributed by atoms with Crippen molar-refractivity contribution in [1.82, 2.24) is 15.3 Å². The van der Waals surface area contributed by atoms with Crippen molar-refractivity contribution >= 4 is 23.0 Å². The van der Waals surface area contributed by atoms with Gasteiger partial charge in [0.25, 0.3) is 5.91 Å². The lowest BCUT2D eigenvalue weighted by Crippen LogP contribution is -2.23. The van der Waals surface area contributed by atoms with Crippen molar-refractivity contribution in [2.75, 3.05) is 0 Å². The van der Waals surface area contributed by atoms with Crippen LogP contribution in [0.4, 0.5) is 8.78 Å². The molecule has 8 heteroatoms. The summed E-state index contributed by atoms with van der Waals surface area (Å²) in [5.74, 6) is -2.30. The summed E-state index contributed by atoms with van der Waals surface area (Å²) in [5, 5.41) is 3.53. The van der Waals surface area contributed by atoms with Gasteiger partial charge in [0.1, 0.15) is 17.3 Å². The summed E-state index contributed by atoms with van der Waals surface area (Å²) in [5.41, 5.74) is 0.916. The minimum Gasteiger partial charge on any atom is -0.348 e. The highest BCUT2D eigenvalue weighted by Crippen LogP contribution is 2.15. The molecule has 1 amide bonds. The smallest absolute Gasteiger partial charge is 0.251 e. The fraction of sp³-hybridized carbons (Fsp3) is 0.200. The van der Waals surface area contributed by atoms with E-state index in [1.165, 1.54) is 6.20 Å². The number of halogens is 2. The molecule has 0 unspecified atom stereocenters. The molecule has 3 aromatic rings. The summed E-state index contributed by atoms with van der Waals surface area (Å²) in [6.45, 7) is 2.04. The summed E-state index contributed by atoms with van der Waals surface area (Å²) in [7, 11) is 0. The van der Waals surface area contributed by atoms with Crippen molar-refractivity contribution in [1.29, 1.82) is 0 Å². The summed E-state index contributed by atoms with van der Waals surface area (Å²) in [4.78, 5) is 33.6. The van der Waals surface area contributed by atoms with Gasteiger partial charge in [0.05, 0.1) is 5.01 Å². The number of aromatic nitrogens is 2. The number of ketones is 1. The monoisotopic (exact) mass is 401 g/mol. The van der Waals surface area contributed by atoms with Gasteiger partial charge in [-0.2, -0.15) is 0 Å². The second kappa shape index (κ2) is 8.79. The lowest BCUT2D eigenvalue weighted by atomic mass is 10.1. The number of hydrogen-bond acceptors (Lipinski definition) is 5.